The van der Waals surface area contributed by atoms with Gasteiger partial charge in [0.15, 0.2) is 0 Å². The second kappa shape index (κ2) is 5.67. The fourth-order valence-electron chi connectivity index (χ4n) is 3.04. The number of furan rings is 1. The van der Waals surface area contributed by atoms with E-state index in [-0.39, 0.29) is 18.4 Å². The molecule has 0 bridgehead atoms. The Bertz CT molecular complexity index is 692. The average molecular weight is 299 g/mol. The number of carboxylic acids is 1. The van der Waals surface area contributed by atoms with Gasteiger partial charge >= 0.3 is 5.97 Å². The number of likely N-dealkylation sites (tertiary alicyclic amines) is 1. The van der Waals surface area contributed by atoms with Crippen LogP contribution in [0.3, 0.4) is 0 Å². The van der Waals surface area contributed by atoms with Crippen LogP contribution in [0, 0.1) is 12.8 Å². The average Bonchev–Trinajstić information content (AvgIpc) is 3.14. The van der Waals surface area contributed by atoms with Gasteiger partial charge in [-0.05, 0) is 18.6 Å². The molecule has 1 aromatic heterocycles. The Morgan fingerprint density at radius 3 is 2.50 bits per heavy atom. The molecule has 5 heteroatoms. The van der Waals surface area contributed by atoms with Gasteiger partial charge in [0.25, 0.3) is 5.91 Å². The zero-order chi connectivity index (χ0) is 15.7. The number of nitrogens with zero attached hydrogens (tertiary/aromatic N) is 1. The molecule has 2 atom stereocenters. The van der Waals surface area contributed by atoms with Crippen molar-refractivity contribution in [2.24, 2.45) is 5.92 Å². The Morgan fingerprint density at radius 1 is 1.18 bits per heavy atom. The summed E-state index contributed by atoms with van der Waals surface area (Å²) in [5.41, 5.74) is 1.45. The van der Waals surface area contributed by atoms with Crippen LogP contribution in [-0.2, 0) is 4.79 Å². The summed E-state index contributed by atoms with van der Waals surface area (Å²) in [6.45, 7) is 2.36. The molecule has 2 heterocycles. The van der Waals surface area contributed by atoms with Crippen molar-refractivity contribution in [3.8, 4) is 0 Å². The number of aliphatic carboxylic acids is 1. The highest BCUT2D eigenvalue weighted by atomic mass is 16.4. The molecular weight excluding hydrogens is 282 g/mol. The zero-order valence-corrected chi connectivity index (χ0v) is 12.2. The first-order chi connectivity index (χ1) is 10.6. The minimum absolute atomic E-state index is 0.170. The van der Waals surface area contributed by atoms with Crippen molar-refractivity contribution in [2.75, 3.05) is 13.1 Å². The van der Waals surface area contributed by atoms with Gasteiger partial charge in [-0.25, -0.2) is 0 Å². The maximum absolute atomic E-state index is 12.5. The molecule has 1 aliphatic rings. The first-order valence-electron chi connectivity index (χ1n) is 7.19. The predicted molar refractivity (Wildman–Crippen MR) is 79.7 cm³/mol. The molecule has 0 radical (unpaired) electrons. The van der Waals surface area contributed by atoms with Crippen molar-refractivity contribution in [1.29, 1.82) is 0 Å². The van der Waals surface area contributed by atoms with E-state index in [1.165, 1.54) is 6.26 Å². The minimum Gasteiger partial charge on any atom is -0.481 e. The summed E-state index contributed by atoms with van der Waals surface area (Å²) >= 11 is 0. The van der Waals surface area contributed by atoms with Crippen molar-refractivity contribution < 1.29 is 19.1 Å². The lowest BCUT2D eigenvalue weighted by molar-refractivity contribution is -0.141. The van der Waals surface area contributed by atoms with Crippen molar-refractivity contribution in [2.45, 2.75) is 12.8 Å². The standard InChI is InChI=1S/C17H17NO4/c1-11-13(7-8-22-11)16(19)18-9-14(15(10-18)17(20)21)12-5-3-2-4-6-12/h2-8,14-15H,9-10H2,1H3,(H,20,21). The molecule has 1 amide bonds. The monoisotopic (exact) mass is 299 g/mol. The van der Waals surface area contributed by atoms with Gasteiger partial charge in [-0.1, -0.05) is 30.3 Å². The van der Waals surface area contributed by atoms with Crippen LogP contribution >= 0.6 is 0 Å². The second-order valence-electron chi connectivity index (χ2n) is 5.56. The molecule has 0 saturated carbocycles. The SMILES string of the molecule is Cc1occc1C(=O)N1CC(C(=O)O)C(c2ccccc2)C1. The third-order valence-electron chi connectivity index (χ3n) is 4.24. The number of rotatable bonds is 3. The number of hydrogen-bond acceptors (Lipinski definition) is 3. The van der Waals surface area contributed by atoms with Crippen LogP contribution in [0.5, 0.6) is 0 Å². The fourth-order valence-corrected chi connectivity index (χ4v) is 3.04. The highest BCUT2D eigenvalue weighted by Crippen LogP contribution is 2.33. The smallest absolute Gasteiger partial charge is 0.308 e. The molecule has 0 spiro atoms. The largest absolute Gasteiger partial charge is 0.481 e. The maximum Gasteiger partial charge on any atom is 0.308 e. The van der Waals surface area contributed by atoms with Gasteiger partial charge in [-0.15, -0.1) is 0 Å². The highest BCUT2D eigenvalue weighted by Gasteiger charge is 2.41. The molecule has 1 saturated heterocycles. The molecule has 1 fully saturated rings. The number of carbonyl (C=O) groups is 2. The van der Waals surface area contributed by atoms with Crippen LogP contribution in [0.1, 0.15) is 27.6 Å². The third kappa shape index (κ3) is 2.50. The van der Waals surface area contributed by atoms with Crippen molar-refractivity contribution in [3.63, 3.8) is 0 Å². The number of hydrogen-bond donors (Lipinski definition) is 1. The van der Waals surface area contributed by atoms with Gasteiger partial charge in [-0.3, -0.25) is 9.59 Å². The van der Waals surface area contributed by atoms with E-state index in [4.69, 9.17) is 4.42 Å². The molecular formula is C17H17NO4. The lowest BCUT2D eigenvalue weighted by Gasteiger charge is -2.16. The summed E-state index contributed by atoms with van der Waals surface area (Å²) in [4.78, 5) is 25.7. The van der Waals surface area contributed by atoms with Gasteiger partial charge in [0, 0.05) is 19.0 Å². The van der Waals surface area contributed by atoms with Crippen LogP contribution in [0.2, 0.25) is 0 Å². The van der Waals surface area contributed by atoms with E-state index in [1.807, 2.05) is 30.3 Å². The summed E-state index contributed by atoms with van der Waals surface area (Å²) in [5, 5.41) is 9.47. The van der Waals surface area contributed by atoms with E-state index in [1.54, 1.807) is 17.9 Å². The van der Waals surface area contributed by atoms with E-state index in [0.29, 0.717) is 17.9 Å². The first-order valence-corrected chi connectivity index (χ1v) is 7.19. The van der Waals surface area contributed by atoms with E-state index in [0.717, 1.165) is 5.56 Å². The predicted octanol–water partition coefficient (Wildman–Crippen LogP) is 2.53. The summed E-state index contributed by atoms with van der Waals surface area (Å²) in [6, 6.07) is 11.1. The van der Waals surface area contributed by atoms with Crippen LogP contribution in [0.25, 0.3) is 0 Å². The molecule has 114 valence electrons. The van der Waals surface area contributed by atoms with Crippen LogP contribution in [0.15, 0.2) is 47.1 Å². The van der Waals surface area contributed by atoms with E-state index in [9.17, 15) is 14.7 Å². The Morgan fingerprint density at radius 2 is 1.91 bits per heavy atom. The number of benzene rings is 1. The Labute approximate surface area is 128 Å². The zero-order valence-electron chi connectivity index (χ0n) is 12.2. The molecule has 5 nitrogen and oxygen atoms in total. The molecule has 3 rings (SSSR count). The van der Waals surface area contributed by atoms with Gasteiger partial charge in [0.05, 0.1) is 17.7 Å². The molecule has 1 aliphatic heterocycles. The van der Waals surface area contributed by atoms with E-state index >= 15 is 0 Å². The topological polar surface area (TPSA) is 70.8 Å². The summed E-state index contributed by atoms with van der Waals surface area (Å²) in [6.07, 6.45) is 1.47. The molecule has 1 N–H and O–H groups in total. The van der Waals surface area contributed by atoms with Gasteiger partial charge in [-0.2, -0.15) is 0 Å². The molecule has 22 heavy (non-hydrogen) atoms. The Balaban J connectivity index is 1.86. The Hall–Kier alpha value is -2.56. The van der Waals surface area contributed by atoms with Crippen LogP contribution in [-0.4, -0.2) is 35.0 Å². The number of amides is 1. The summed E-state index contributed by atoms with van der Waals surface area (Å²) in [5.74, 6) is -1.25. The van der Waals surface area contributed by atoms with Gasteiger partial charge in [0.1, 0.15) is 5.76 Å². The van der Waals surface area contributed by atoms with Crippen molar-refractivity contribution >= 4 is 11.9 Å². The molecule has 1 aromatic carbocycles. The molecule has 0 aliphatic carbocycles. The number of carbonyl (C=O) groups excluding carboxylic acids is 1. The second-order valence-corrected chi connectivity index (χ2v) is 5.56. The number of carboxylic acid groups (broad SMARTS) is 1. The van der Waals surface area contributed by atoms with Gasteiger partial charge in [0.2, 0.25) is 0 Å². The lowest BCUT2D eigenvalue weighted by atomic mass is 9.89. The van der Waals surface area contributed by atoms with Crippen molar-refractivity contribution in [1.82, 2.24) is 4.90 Å². The quantitative estimate of drug-likeness (QED) is 0.945. The molecule has 2 unspecified atom stereocenters. The first kappa shape index (κ1) is 14.4. The van der Waals surface area contributed by atoms with Crippen LogP contribution in [0.4, 0.5) is 0 Å². The number of aryl methyl sites for hydroxylation is 1. The fraction of sp³-hybridized carbons (Fsp3) is 0.294. The summed E-state index contributed by atoms with van der Waals surface area (Å²) < 4.78 is 5.17. The maximum atomic E-state index is 12.5. The highest BCUT2D eigenvalue weighted by molar-refractivity contribution is 5.95. The third-order valence-corrected chi connectivity index (χ3v) is 4.24. The lowest BCUT2D eigenvalue weighted by Crippen LogP contribution is -2.30. The van der Waals surface area contributed by atoms with Crippen molar-refractivity contribution in [3.05, 3.63) is 59.5 Å². The van der Waals surface area contributed by atoms with Gasteiger partial charge < -0.3 is 14.4 Å². The van der Waals surface area contributed by atoms with E-state index in [2.05, 4.69) is 0 Å². The van der Waals surface area contributed by atoms with E-state index < -0.39 is 11.9 Å². The normalized spacial score (nSPS) is 21.0. The molecule has 2 aromatic rings. The minimum atomic E-state index is -0.868. The Kier molecular flexibility index (Phi) is 3.71. The summed E-state index contributed by atoms with van der Waals surface area (Å²) in [7, 11) is 0. The van der Waals surface area contributed by atoms with Crippen LogP contribution < -0.4 is 0 Å².